The molecule has 1 aromatic carbocycles. The first kappa shape index (κ1) is 13.5. The number of aliphatic hydroxyl groups is 1. The van der Waals surface area contributed by atoms with Gasteiger partial charge in [0.25, 0.3) is 0 Å². The molecule has 1 atom stereocenters. The number of aryl methyl sites for hydroxylation is 2. The van der Waals surface area contributed by atoms with Crippen LogP contribution in [0.25, 0.3) is 0 Å². The fraction of sp³-hybridized carbons (Fsp3) is 0.500. The molecule has 0 fully saturated rings. The first-order chi connectivity index (χ1) is 7.52. The van der Waals surface area contributed by atoms with E-state index in [1.807, 2.05) is 27.0 Å². The topological polar surface area (TPSA) is 41.5 Å². The van der Waals surface area contributed by atoms with Crippen molar-refractivity contribution in [1.29, 1.82) is 0 Å². The van der Waals surface area contributed by atoms with Crippen LogP contribution in [0, 0.1) is 13.8 Å². The van der Waals surface area contributed by atoms with Crippen LogP contribution in [0.1, 0.15) is 22.8 Å². The first-order valence-corrected chi connectivity index (χ1v) is 5.98. The Kier molecular flexibility index (Phi) is 4.77. The normalized spacial score (nSPS) is 12.6. The van der Waals surface area contributed by atoms with Gasteiger partial charge < -0.3 is 15.2 Å². The molecule has 0 heterocycles. The molecule has 2 N–H and O–H groups in total. The molecule has 0 aliphatic heterocycles. The van der Waals surface area contributed by atoms with Gasteiger partial charge in [0, 0.05) is 12.1 Å². The van der Waals surface area contributed by atoms with E-state index in [2.05, 4.69) is 21.2 Å². The molecule has 90 valence electrons. The number of aliphatic hydroxyl groups excluding tert-OH is 1. The van der Waals surface area contributed by atoms with Gasteiger partial charge in [-0.2, -0.15) is 0 Å². The lowest BCUT2D eigenvalue weighted by molar-refractivity contribution is 0.172. The molecule has 4 heteroatoms. The molecule has 0 radical (unpaired) electrons. The van der Waals surface area contributed by atoms with Crippen molar-refractivity contribution in [2.24, 2.45) is 0 Å². The van der Waals surface area contributed by atoms with E-state index in [-0.39, 0.29) is 0 Å². The van der Waals surface area contributed by atoms with Gasteiger partial charge in [0.15, 0.2) is 0 Å². The fourth-order valence-corrected chi connectivity index (χ4v) is 2.34. The van der Waals surface area contributed by atoms with E-state index < -0.39 is 6.10 Å². The molecule has 0 spiro atoms. The van der Waals surface area contributed by atoms with Crippen molar-refractivity contribution in [3.8, 4) is 5.75 Å². The molecule has 0 amide bonds. The third-order valence-electron chi connectivity index (χ3n) is 2.58. The van der Waals surface area contributed by atoms with E-state index >= 15 is 0 Å². The summed E-state index contributed by atoms with van der Waals surface area (Å²) in [5.74, 6) is 0.722. The summed E-state index contributed by atoms with van der Waals surface area (Å²) < 4.78 is 6.28. The van der Waals surface area contributed by atoms with E-state index in [1.54, 1.807) is 7.11 Å². The Morgan fingerprint density at radius 1 is 1.44 bits per heavy atom. The van der Waals surface area contributed by atoms with Crippen LogP contribution in [-0.2, 0) is 0 Å². The summed E-state index contributed by atoms with van der Waals surface area (Å²) in [6.45, 7) is 4.50. The van der Waals surface area contributed by atoms with Crippen LogP contribution in [0.4, 0.5) is 0 Å². The van der Waals surface area contributed by atoms with E-state index in [9.17, 15) is 5.11 Å². The van der Waals surface area contributed by atoms with Crippen LogP contribution < -0.4 is 10.1 Å². The van der Waals surface area contributed by atoms with Gasteiger partial charge in [0.1, 0.15) is 5.75 Å². The third-order valence-corrected chi connectivity index (χ3v) is 3.57. The zero-order chi connectivity index (χ0) is 12.3. The predicted octanol–water partition coefficient (Wildman–Crippen LogP) is 2.33. The summed E-state index contributed by atoms with van der Waals surface area (Å²) in [6, 6.07) is 2.04. The van der Waals surface area contributed by atoms with Crippen molar-refractivity contribution >= 4 is 15.9 Å². The second kappa shape index (κ2) is 5.66. The highest BCUT2D eigenvalue weighted by Gasteiger charge is 2.19. The Bertz CT molecular complexity index is 380. The van der Waals surface area contributed by atoms with Crippen LogP contribution >= 0.6 is 15.9 Å². The van der Waals surface area contributed by atoms with E-state index in [0.717, 1.165) is 26.9 Å². The van der Waals surface area contributed by atoms with Crippen LogP contribution in [0.2, 0.25) is 0 Å². The van der Waals surface area contributed by atoms with Gasteiger partial charge in [0.05, 0.1) is 17.7 Å². The molecule has 1 rings (SSSR count). The SMILES string of the molecule is CNCC(O)c1c(C)cc(C)c(Br)c1OC. The summed E-state index contributed by atoms with van der Waals surface area (Å²) in [4.78, 5) is 0. The lowest BCUT2D eigenvalue weighted by Gasteiger charge is -2.19. The summed E-state index contributed by atoms with van der Waals surface area (Å²) in [6.07, 6.45) is -0.558. The molecule has 0 saturated heterocycles. The van der Waals surface area contributed by atoms with Crippen molar-refractivity contribution in [3.05, 3.63) is 27.2 Å². The molecule has 3 nitrogen and oxygen atoms in total. The molecular weight excluding hydrogens is 270 g/mol. The summed E-state index contributed by atoms with van der Waals surface area (Å²) >= 11 is 3.49. The highest BCUT2D eigenvalue weighted by atomic mass is 79.9. The smallest absolute Gasteiger partial charge is 0.139 e. The van der Waals surface area contributed by atoms with Crippen LogP contribution in [-0.4, -0.2) is 25.8 Å². The number of rotatable bonds is 4. The summed E-state index contributed by atoms with van der Waals surface area (Å²) in [5.41, 5.74) is 2.99. The minimum Gasteiger partial charge on any atom is -0.495 e. The lowest BCUT2D eigenvalue weighted by atomic mass is 9.99. The number of hydrogen-bond donors (Lipinski definition) is 2. The number of likely N-dealkylation sites (N-methyl/N-ethyl adjacent to an activating group) is 1. The summed E-state index contributed by atoms with van der Waals surface area (Å²) in [7, 11) is 3.43. The molecule has 16 heavy (non-hydrogen) atoms. The summed E-state index contributed by atoms with van der Waals surface area (Å²) in [5, 5.41) is 13.0. The Hall–Kier alpha value is -0.580. The van der Waals surface area contributed by atoms with E-state index in [0.29, 0.717) is 6.54 Å². The maximum absolute atomic E-state index is 10.1. The molecule has 0 aliphatic carbocycles. The Labute approximate surface area is 105 Å². The quantitative estimate of drug-likeness (QED) is 0.893. The standard InChI is InChI=1S/C12H18BrNO2/c1-7-5-8(2)11(13)12(16-4)10(7)9(15)6-14-3/h5,9,14-15H,6H2,1-4H3. The van der Waals surface area contributed by atoms with Gasteiger partial charge in [-0.25, -0.2) is 0 Å². The molecule has 0 aliphatic rings. The zero-order valence-electron chi connectivity index (χ0n) is 10.1. The van der Waals surface area contributed by atoms with Crippen molar-refractivity contribution in [1.82, 2.24) is 5.32 Å². The zero-order valence-corrected chi connectivity index (χ0v) is 11.7. The molecular formula is C12H18BrNO2. The van der Waals surface area contributed by atoms with Crippen molar-refractivity contribution in [2.45, 2.75) is 20.0 Å². The van der Waals surface area contributed by atoms with Crippen LogP contribution in [0.3, 0.4) is 0 Å². The van der Waals surface area contributed by atoms with Gasteiger partial charge in [-0.05, 0) is 48.0 Å². The van der Waals surface area contributed by atoms with Gasteiger partial charge in [-0.1, -0.05) is 6.07 Å². The Morgan fingerprint density at radius 2 is 2.06 bits per heavy atom. The number of methoxy groups -OCH3 is 1. The number of ether oxygens (including phenoxy) is 1. The predicted molar refractivity (Wildman–Crippen MR) is 69.1 cm³/mol. The third kappa shape index (κ3) is 2.56. The maximum atomic E-state index is 10.1. The molecule has 0 saturated carbocycles. The molecule has 0 aromatic heterocycles. The number of hydrogen-bond acceptors (Lipinski definition) is 3. The monoisotopic (exact) mass is 287 g/mol. The molecule has 0 bridgehead atoms. The highest BCUT2D eigenvalue weighted by Crippen LogP contribution is 2.37. The van der Waals surface area contributed by atoms with Gasteiger partial charge in [-0.15, -0.1) is 0 Å². The van der Waals surface area contributed by atoms with Crippen molar-refractivity contribution in [2.75, 3.05) is 20.7 Å². The maximum Gasteiger partial charge on any atom is 0.139 e. The largest absolute Gasteiger partial charge is 0.495 e. The fourth-order valence-electron chi connectivity index (χ4n) is 1.85. The first-order valence-electron chi connectivity index (χ1n) is 5.19. The van der Waals surface area contributed by atoms with E-state index in [1.165, 1.54) is 0 Å². The van der Waals surface area contributed by atoms with Crippen LogP contribution in [0.15, 0.2) is 10.5 Å². The molecule has 1 unspecified atom stereocenters. The second-order valence-corrected chi connectivity index (χ2v) is 4.64. The van der Waals surface area contributed by atoms with E-state index in [4.69, 9.17) is 4.74 Å². The van der Waals surface area contributed by atoms with Crippen molar-refractivity contribution in [3.63, 3.8) is 0 Å². The average molecular weight is 288 g/mol. The minimum absolute atomic E-state index is 0.507. The minimum atomic E-state index is -0.558. The van der Waals surface area contributed by atoms with Gasteiger partial charge in [-0.3, -0.25) is 0 Å². The number of benzene rings is 1. The number of nitrogens with one attached hydrogen (secondary N) is 1. The molecule has 1 aromatic rings. The van der Waals surface area contributed by atoms with Gasteiger partial charge >= 0.3 is 0 Å². The highest BCUT2D eigenvalue weighted by molar-refractivity contribution is 9.10. The van der Waals surface area contributed by atoms with Crippen LogP contribution in [0.5, 0.6) is 5.75 Å². The average Bonchev–Trinajstić information content (AvgIpc) is 2.23. The number of halogens is 1. The Morgan fingerprint density at radius 3 is 2.56 bits per heavy atom. The Balaban J connectivity index is 3.30. The van der Waals surface area contributed by atoms with Crippen molar-refractivity contribution < 1.29 is 9.84 Å². The lowest BCUT2D eigenvalue weighted by Crippen LogP contribution is -2.18. The van der Waals surface area contributed by atoms with Gasteiger partial charge in [0.2, 0.25) is 0 Å². The second-order valence-electron chi connectivity index (χ2n) is 3.84.